The Morgan fingerprint density at radius 3 is 2.58 bits per heavy atom. The number of hydrogen-bond donors (Lipinski definition) is 2. The molecule has 0 radical (unpaired) electrons. The van der Waals surface area contributed by atoms with Crippen molar-refractivity contribution in [3.05, 3.63) is 30.3 Å². The number of rotatable bonds is 3. The minimum Gasteiger partial charge on any atom is -0.340 e. The van der Waals surface area contributed by atoms with Crippen LogP contribution in [0, 0.1) is 11.8 Å². The predicted molar refractivity (Wildman–Crippen MR) is 99.4 cm³/mol. The highest BCUT2D eigenvalue weighted by molar-refractivity contribution is 5.98. The Balaban J connectivity index is 1.58. The smallest absolute Gasteiger partial charge is 0.247 e. The lowest BCUT2D eigenvalue weighted by molar-refractivity contribution is -0.140. The van der Waals surface area contributed by atoms with E-state index in [0.29, 0.717) is 13.1 Å². The van der Waals surface area contributed by atoms with E-state index in [1.807, 2.05) is 35.2 Å². The van der Waals surface area contributed by atoms with E-state index >= 15 is 0 Å². The molecule has 3 fully saturated rings. The van der Waals surface area contributed by atoms with E-state index in [9.17, 15) is 9.59 Å². The number of piperazine rings is 1. The molecule has 0 spiro atoms. The number of para-hydroxylation sites is 1. The quantitative estimate of drug-likeness (QED) is 0.791. The van der Waals surface area contributed by atoms with Crippen LogP contribution in [0.5, 0.6) is 0 Å². The normalized spacial score (nSPS) is 29.7. The monoisotopic (exact) mass is 357 g/mol. The second-order valence-corrected chi connectivity index (χ2v) is 7.30. The van der Waals surface area contributed by atoms with Gasteiger partial charge in [0, 0.05) is 39.3 Å². The number of anilines is 1. The van der Waals surface area contributed by atoms with Gasteiger partial charge in [0.2, 0.25) is 11.8 Å². The minimum atomic E-state index is -0.190. The first-order valence-corrected chi connectivity index (χ1v) is 9.56. The lowest BCUT2D eigenvalue weighted by atomic mass is 9.83. The van der Waals surface area contributed by atoms with Crippen LogP contribution in [0.15, 0.2) is 30.3 Å². The zero-order valence-electron chi connectivity index (χ0n) is 15.2. The Bertz CT molecular complexity index is 661. The van der Waals surface area contributed by atoms with Crippen LogP contribution in [-0.2, 0) is 9.59 Å². The van der Waals surface area contributed by atoms with Gasteiger partial charge in [0.15, 0.2) is 0 Å². The van der Waals surface area contributed by atoms with Crippen LogP contribution in [0.3, 0.4) is 0 Å². The number of amides is 2. The maximum absolute atomic E-state index is 13.2. The van der Waals surface area contributed by atoms with Gasteiger partial charge in [-0.25, -0.2) is 10.4 Å². The van der Waals surface area contributed by atoms with Crippen molar-refractivity contribution in [2.75, 3.05) is 50.8 Å². The van der Waals surface area contributed by atoms with Crippen molar-refractivity contribution in [3.8, 4) is 0 Å². The number of hydrogen-bond acceptors (Lipinski definition) is 5. The van der Waals surface area contributed by atoms with Gasteiger partial charge in [-0.3, -0.25) is 9.59 Å². The fourth-order valence-corrected chi connectivity index (χ4v) is 4.32. The largest absolute Gasteiger partial charge is 0.340 e. The van der Waals surface area contributed by atoms with Gasteiger partial charge < -0.3 is 15.1 Å². The molecule has 3 aliphatic rings. The third-order valence-corrected chi connectivity index (χ3v) is 5.80. The molecule has 3 atom stereocenters. The van der Waals surface area contributed by atoms with Gasteiger partial charge in [-0.2, -0.15) is 0 Å². The zero-order valence-corrected chi connectivity index (χ0v) is 15.2. The topological polar surface area (TPSA) is 67.9 Å². The van der Waals surface area contributed by atoms with Gasteiger partial charge in [0.25, 0.3) is 0 Å². The molecular weight excluding hydrogens is 330 g/mol. The summed E-state index contributed by atoms with van der Waals surface area (Å²) in [5.74, 6) is -0.127. The lowest BCUT2D eigenvalue weighted by Crippen LogP contribution is -2.59. The van der Waals surface area contributed by atoms with Gasteiger partial charge in [0.05, 0.1) is 23.6 Å². The van der Waals surface area contributed by atoms with E-state index in [4.69, 9.17) is 0 Å². The Morgan fingerprint density at radius 2 is 1.88 bits per heavy atom. The van der Waals surface area contributed by atoms with Gasteiger partial charge >= 0.3 is 0 Å². The molecular formula is C19H27N5O2. The van der Waals surface area contributed by atoms with Gasteiger partial charge in [-0.05, 0) is 18.7 Å². The number of benzene rings is 1. The van der Waals surface area contributed by atoms with E-state index in [1.54, 1.807) is 5.01 Å². The highest BCUT2D eigenvalue weighted by Gasteiger charge is 2.51. The van der Waals surface area contributed by atoms with Crippen LogP contribution in [0.2, 0.25) is 0 Å². The van der Waals surface area contributed by atoms with Crippen LogP contribution in [-0.4, -0.2) is 73.5 Å². The molecule has 3 unspecified atom stereocenters. The Morgan fingerprint density at radius 1 is 1.15 bits per heavy atom. The van der Waals surface area contributed by atoms with Crippen LogP contribution in [0.4, 0.5) is 5.69 Å². The summed E-state index contributed by atoms with van der Waals surface area (Å²) >= 11 is 0. The van der Waals surface area contributed by atoms with Crippen molar-refractivity contribution >= 4 is 17.5 Å². The molecule has 0 bridgehead atoms. The van der Waals surface area contributed by atoms with Crippen LogP contribution >= 0.6 is 0 Å². The van der Waals surface area contributed by atoms with Gasteiger partial charge in [0.1, 0.15) is 0 Å². The standard InChI is InChI=1S/C19H27N5O2/c1-2-22-12-15(18(25)23-10-8-20-9-11-23)17-16(13-22)19(26)24(21-17)14-6-4-3-5-7-14/h3-7,15-17,20-21H,2,8-13H2,1H3. The lowest BCUT2D eigenvalue weighted by Gasteiger charge is -2.40. The number of carbonyl (C=O) groups excluding carboxylic acids is 2. The molecule has 2 amide bonds. The number of nitrogens with zero attached hydrogens (tertiary/aromatic N) is 3. The van der Waals surface area contributed by atoms with E-state index in [0.717, 1.165) is 38.4 Å². The molecule has 4 rings (SSSR count). The van der Waals surface area contributed by atoms with E-state index in [1.165, 1.54) is 0 Å². The van der Waals surface area contributed by atoms with Crippen LogP contribution in [0.25, 0.3) is 0 Å². The Hall–Kier alpha value is -1.96. The number of nitrogens with one attached hydrogen (secondary N) is 2. The van der Waals surface area contributed by atoms with E-state index in [2.05, 4.69) is 22.6 Å². The predicted octanol–water partition coefficient (Wildman–Crippen LogP) is -0.0939. The second kappa shape index (κ2) is 7.34. The highest BCUT2D eigenvalue weighted by atomic mass is 16.2. The molecule has 0 aliphatic carbocycles. The molecule has 26 heavy (non-hydrogen) atoms. The SMILES string of the molecule is CCN1CC(C(=O)N2CCNCC2)C2NN(c3ccccc3)C(=O)C2C1. The van der Waals surface area contributed by atoms with Crippen molar-refractivity contribution in [2.24, 2.45) is 11.8 Å². The van der Waals surface area contributed by atoms with Gasteiger partial charge in [-0.15, -0.1) is 0 Å². The van der Waals surface area contributed by atoms with Crippen molar-refractivity contribution in [2.45, 2.75) is 13.0 Å². The average molecular weight is 357 g/mol. The molecule has 1 aromatic carbocycles. The molecule has 140 valence electrons. The number of fused-ring (bicyclic) bond motifs is 1. The first-order chi connectivity index (χ1) is 12.7. The molecule has 1 aromatic rings. The first-order valence-electron chi connectivity index (χ1n) is 9.56. The molecule has 7 nitrogen and oxygen atoms in total. The third kappa shape index (κ3) is 3.11. The maximum atomic E-state index is 13.2. The van der Waals surface area contributed by atoms with E-state index in [-0.39, 0.29) is 29.7 Å². The van der Waals surface area contributed by atoms with Crippen molar-refractivity contribution in [3.63, 3.8) is 0 Å². The summed E-state index contributed by atoms with van der Waals surface area (Å²) in [5, 5.41) is 4.94. The van der Waals surface area contributed by atoms with Gasteiger partial charge in [-0.1, -0.05) is 25.1 Å². The van der Waals surface area contributed by atoms with Crippen LogP contribution in [0.1, 0.15) is 6.92 Å². The summed E-state index contributed by atoms with van der Waals surface area (Å²) in [6.07, 6.45) is 0. The van der Waals surface area contributed by atoms with E-state index < -0.39 is 0 Å². The summed E-state index contributed by atoms with van der Waals surface area (Å²) in [7, 11) is 0. The number of hydrazine groups is 1. The summed E-state index contributed by atoms with van der Waals surface area (Å²) < 4.78 is 0. The van der Waals surface area contributed by atoms with Crippen LogP contribution < -0.4 is 15.8 Å². The average Bonchev–Trinajstić information content (AvgIpc) is 3.04. The molecule has 0 aromatic heterocycles. The zero-order chi connectivity index (χ0) is 18.1. The highest BCUT2D eigenvalue weighted by Crippen LogP contribution is 2.32. The summed E-state index contributed by atoms with van der Waals surface area (Å²) in [6, 6.07) is 9.50. The number of carbonyl (C=O) groups is 2. The molecule has 0 saturated carbocycles. The molecule has 2 N–H and O–H groups in total. The molecule has 3 saturated heterocycles. The Kier molecular flexibility index (Phi) is 4.93. The summed E-state index contributed by atoms with van der Waals surface area (Å²) in [6.45, 7) is 7.54. The summed E-state index contributed by atoms with van der Waals surface area (Å²) in [4.78, 5) is 30.4. The fraction of sp³-hybridized carbons (Fsp3) is 0.579. The third-order valence-electron chi connectivity index (χ3n) is 5.80. The number of likely N-dealkylation sites (tertiary alicyclic amines) is 1. The molecule has 3 heterocycles. The first kappa shape index (κ1) is 17.5. The van der Waals surface area contributed by atoms with Crippen molar-refractivity contribution in [1.82, 2.24) is 20.5 Å². The summed E-state index contributed by atoms with van der Waals surface area (Å²) in [5.41, 5.74) is 4.20. The second-order valence-electron chi connectivity index (χ2n) is 7.30. The maximum Gasteiger partial charge on any atom is 0.247 e. The number of piperidine rings is 1. The fourth-order valence-electron chi connectivity index (χ4n) is 4.32. The molecule has 3 aliphatic heterocycles. The van der Waals surface area contributed by atoms with Crippen molar-refractivity contribution < 1.29 is 9.59 Å². The Labute approximate surface area is 154 Å². The molecule has 7 heteroatoms. The minimum absolute atomic E-state index is 0.0671. The van der Waals surface area contributed by atoms with Crippen molar-refractivity contribution in [1.29, 1.82) is 0 Å².